The van der Waals surface area contributed by atoms with Gasteiger partial charge in [-0.15, -0.1) is 0 Å². The van der Waals surface area contributed by atoms with Crippen LogP contribution in [0.25, 0.3) is 0 Å². The van der Waals surface area contributed by atoms with Gasteiger partial charge in [0.05, 0.1) is 21.6 Å². The lowest BCUT2D eigenvalue weighted by atomic mass is 10.2. The normalized spacial score (nSPS) is 24.2. The third-order valence-corrected chi connectivity index (χ3v) is 5.61. The Morgan fingerprint density at radius 1 is 1.33 bits per heavy atom. The van der Waals surface area contributed by atoms with E-state index in [9.17, 15) is 17.4 Å². The lowest BCUT2D eigenvalue weighted by Gasteiger charge is -2.20. The van der Waals surface area contributed by atoms with Gasteiger partial charge in [0.1, 0.15) is 0 Å². The van der Waals surface area contributed by atoms with Gasteiger partial charge in [0.2, 0.25) is 0 Å². The van der Waals surface area contributed by atoms with Gasteiger partial charge in [-0.05, 0) is 44.0 Å². The maximum atomic E-state index is 12.7. The predicted molar refractivity (Wildman–Crippen MR) is 77.6 cm³/mol. The third-order valence-electron chi connectivity index (χ3n) is 3.78. The molecule has 1 saturated carbocycles. The van der Waals surface area contributed by atoms with E-state index in [0.29, 0.717) is 0 Å². The molecule has 3 unspecified atom stereocenters. The summed E-state index contributed by atoms with van der Waals surface area (Å²) in [7, 11) is -1.40. The predicted octanol–water partition coefficient (Wildman–Crippen LogP) is 3.73. The average Bonchev–Trinajstić information content (AvgIpc) is 2.92. The zero-order valence-electron chi connectivity index (χ0n) is 12.0. The molecule has 1 aromatic rings. The van der Waals surface area contributed by atoms with Crippen molar-refractivity contribution in [2.24, 2.45) is 0 Å². The Morgan fingerprint density at radius 3 is 2.76 bits per heavy atom. The standard InChI is InChI=1S/C15H20F3NOS/c1-2-9-19-13-7-4-8-14(13)21(20)12-6-3-5-11(10-12)15(16,17)18/h3,5-6,10,13-14,19H,2,4,7-9H2,1H3. The molecule has 0 bridgehead atoms. The first kappa shape index (κ1) is 16.5. The quantitative estimate of drug-likeness (QED) is 0.896. The second-order valence-corrected chi connectivity index (χ2v) is 7.02. The number of hydrogen-bond acceptors (Lipinski definition) is 2. The van der Waals surface area contributed by atoms with Crippen molar-refractivity contribution in [3.8, 4) is 0 Å². The summed E-state index contributed by atoms with van der Waals surface area (Å²) >= 11 is 0. The van der Waals surface area contributed by atoms with Gasteiger partial charge in [-0.25, -0.2) is 0 Å². The first-order valence-corrected chi connectivity index (χ1v) is 8.46. The smallest absolute Gasteiger partial charge is 0.313 e. The van der Waals surface area contributed by atoms with E-state index in [1.54, 1.807) is 0 Å². The van der Waals surface area contributed by atoms with E-state index in [4.69, 9.17) is 0 Å². The van der Waals surface area contributed by atoms with Crippen molar-refractivity contribution in [2.75, 3.05) is 6.54 Å². The molecule has 0 radical (unpaired) electrons. The summed E-state index contributed by atoms with van der Waals surface area (Å²) in [5, 5.41) is 3.26. The van der Waals surface area contributed by atoms with Gasteiger partial charge in [-0.1, -0.05) is 19.4 Å². The fourth-order valence-corrected chi connectivity index (χ4v) is 4.43. The maximum Gasteiger partial charge on any atom is 0.416 e. The molecule has 21 heavy (non-hydrogen) atoms. The van der Waals surface area contributed by atoms with Gasteiger partial charge < -0.3 is 5.32 Å². The number of nitrogens with one attached hydrogen (secondary N) is 1. The van der Waals surface area contributed by atoms with E-state index < -0.39 is 22.5 Å². The van der Waals surface area contributed by atoms with Crippen LogP contribution >= 0.6 is 0 Å². The fraction of sp³-hybridized carbons (Fsp3) is 0.600. The minimum absolute atomic E-state index is 0.0972. The highest BCUT2D eigenvalue weighted by molar-refractivity contribution is 7.85. The van der Waals surface area contributed by atoms with E-state index in [2.05, 4.69) is 12.2 Å². The van der Waals surface area contributed by atoms with E-state index in [0.717, 1.165) is 44.4 Å². The minimum atomic E-state index is -4.39. The molecule has 2 nitrogen and oxygen atoms in total. The van der Waals surface area contributed by atoms with Crippen molar-refractivity contribution in [1.29, 1.82) is 0 Å². The number of halogens is 3. The van der Waals surface area contributed by atoms with Crippen LogP contribution in [0.4, 0.5) is 13.2 Å². The average molecular weight is 319 g/mol. The van der Waals surface area contributed by atoms with Crippen LogP contribution in [0, 0.1) is 0 Å². The number of hydrogen-bond donors (Lipinski definition) is 1. The molecular formula is C15H20F3NOS. The molecule has 0 spiro atoms. The van der Waals surface area contributed by atoms with Crippen LogP contribution in [0.15, 0.2) is 29.2 Å². The van der Waals surface area contributed by atoms with Crippen LogP contribution in [0.1, 0.15) is 38.2 Å². The highest BCUT2D eigenvalue weighted by Gasteiger charge is 2.34. The molecule has 1 fully saturated rings. The Labute approximate surface area is 125 Å². The zero-order chi connectivity index (χ0) is 15.5. The highest BCUT2D eigenvalue weighted by atomic mass is 32.2. The molecule has 6 heteroatoms. The van der Waals surface area contributed by atoms with Gasteiger partial charge in [0.15, 0.2) is 0 Å². The summed E-state index contributed by atoms with van der Waals surface area (Å²) in [5.74, 6) is 0. The lowest BCUT2D eigenvalue weighted by molar-refractivity contribution is -0.137. The molecule has 0 aromatic heterocycles. The lowest BCUT2D eigenvalue weighted by Crippen LogP contribution is -2.38. The SMILES string of the molecule is CCCNC1CCCC1S(=O)c1cccc(C(F)(F)F)c1. The highest BCUT2D eigenvalue weighted by Crippen LogP contribution is 2.32. The maximum absolute atomic E-state index is 12.7. The molecular weight excluding hydrogens is 299 g/mol. The van der Waals surface area contributed by atoms with Gasteiger partial charge in [0.25, 0.3) is 0 Å². The van der Waals surface area contributed by atoms with E-state index in [-0.39, 0.29) is 16.2 Å². The Morgan fingerprint density at radius 2 is 2.10 bits per heavy atom. The Balaban J connectivity index is 2.16. The van der Waals surface area contributed by atoms with Crippen LogP contribution in [0.2, 0.25) is 0 Å². The summed E-state index contributed by atoms with van der Waals surface area (Å²) in [6.07, 6.45) is -0.703. The fourth-order valence-electron chi connectivity index (χ4n) is 2.72. The Bertz CT molecular complexity index is 504. The summed E-state index contributed by atoms with van der Waals surface area (Å²) in [6, 6.07) is 5.04. The molecule has 1 N–H and O–H groups in total. The molecule has 2 rings (SSSR count). The second kappa shape index (κ2) is 6.92. The largest absolute Gasteiger partial charge is 0.416 e. The molecule has 1 aliphatic rings. The van der Waals surface area contributed by atoms with Crippen molar-refractivity contribution in [3.05, 3.63) is 29.8 Å². The van der Waals surface area contributed by atoms with E-state index in [1.165, 1.54) is 12.1 Å². The van der Waals surface area contributed by atoms with Crippen molar-refractivity contribution < 1.29 is 17.4 Å². The van der Waals surface area contributed by atoms with Crippen molar-refractivity contribution in [3.63, 3.8) is 0 Å². The molecule has 1 aromatic carbocycles. The van der Waals surface area contributed by atoms with Crippen LogP contribution < -0.4 is 5.32 Å². The van der Waals surface area contributed by atoms with Crippen molar-refractivity contribution >= 4 is 10.8 Å². The van der Waals surface area contributed by atoms with Crippen LogP contribution in [0.3, 0.4) is 0 Å². The number of benzene rings is 1. The topological polar surface area (TPSA) is 29.1 Å². The van der Waals surface area contributed by atoms with E-state index >= 15 is 0 Å². The minimum Gasteiger partial charge on any atom is -0.313 e. The van der Waals surface area contributed by atoms with Crippen LogP contribution in [-0.4, -0.2) is 22.0 Å². The van der Waals surface area contributed by atoms with Gasteiger partial charge in [-0.3, -0.25) is 4.21 Å². The van der Waals surface area contributed by atoms with Crippen LogP contribution in [0.5, 0.6) is 0 Å². The number of rotatable bonds is 5. The van der Waals surface area contributed by atoms with Crippen molar-refractivity contribution in [2.45, 2.75) is 55.0 Å². The summed E-state index contributed by atoms with van der Waals surface area (Å²) in [6.45, 7) is 2.90. The zero-order valence-corrected chi connectivity index (χ0v) is 12.8. The molecule has 118 valence electrons. The van der Waals surface area contributed by atoms with Gasteiger partial charge >= 0.3 is 6.18 Å². The Kier molecular flexibility index (Phi) is 5.43. The third kappa shape index (κ3) is 4.07. The van der Waals surface area contributed by atoms with E-state index in [1.807, 2.05) is 0 Å². The second-order valence-electron chi connectivity index (χ2n) is 5.35. The van der Waals surface area contributed by atoms with Crippen LogP contribution in [-0.2, 0) is 17.0 Å². The molecule has 0 aliphatic heterocycles. The molecule has 0 heterocycles. The van der Waals surface area contributed by atoms with Gasteiger partial charge in [-0.2, -0.15) is 13.2 Å². The summed E-state index contributed by atoms with van der Waals surface area (Å²) < 4.78 is 50.8. The summed E-state index contributed by atoms with van der Waals surface area (Å²) in [4.78, 5) is 0.278. The molecule has 0 saturated heterocycles. The monoisotopic (exact) mass is 319 g/mol. The summed E-state index contributed by atoms with van der Waals surface area (Å²) in [5.41, 5.74) is -0.732. The molecule has 1 aliphatic carbocycles. The Hall–Kier alpha value is -0.880. The molecule has 0 amide bonds. The molecule has 3 atom stereocenters. The number of alkyl halides is 3. The van der Waals surface area contributed by atoms with Crippen molar-refractivity contribution in [1.82, 2.24) is 5.32 Å². The first-order valence-electron chi connectivity index (χ1n) is 7.24. The van der Waals surface area contributed by atoms with Gasteiger partial charge in [0, 0.05) is 10.9 Å². The first-order chi connectivity index (χ1) is 9.93.